The number of hydrogen-bond donors (Lipinski definition) is 2. The first-order valence-electron chi connectivity index (χ1n) is 11.7. The average molecular weight is 588 g/mol. The van der Waals surface area contributed by atoms with Crippen LogP contribution in [0.2, 0.25) is 0 Å². The lowest BCUT2D eigenvalue weighted by molar-refractivity contribution is -0.151. The van der Waals surface area contributed by atoms with E-state index in [0.29, 0.717) is 24.9 Å². The molecule has 0 saturated carbocycles. The second-order valence-electron chi connectivity index (χ2n) is 8.13. The number of carbonyl (C=O) groups is 4. The minimum Gasteiger partial charge on any atom is -0.467 e. The van der Waals surface area contributed by atoms with Crippen LogP contribution in [0.15, 0.2) is 54.7 Å². The number of nitrogens with one attached hydrogen (secondary N) is 1. The Hall–Kier alpha value is -2.92. The first kappa shape index (κ1) is 31.3. The zero-order chi connectivity index (χ0) is 28.1. The summed E-state index contributed by atoms with van der Waals surface area (Å²) in [5.74, 6) is -2.52. The molecule has 0 aliphatic rings. The van der Waals surface area contributed by atoms with E-state index in [0.717, 1.165) is 12.0 Å². The molecular weight excluding hydrogens is 559 g/mol. The third-order valence-corrected chi connectivity index (χ3v) is 5.62. The molecule has 38 heavy (non-hydrogen) atoms. The van der Waals surface area contributed by atoms with Gasteiger partial charge in [0, 0.05) is 12.6 Å². The largest absolute Gasteiger partial charge is 0.467 e. The quantitative estimate of drug-likeness (QED) is 0.219. The van der Waals surface area contributed by atoms with Crippen molar-refractivity contribution in [2.24, 2.45) is 5.73 Å². The second-order valence-corrected chi connectivity index (χ2v) is 10.6. The van der Waals surface area contributed by atoms with Crippen LogP contribution in [-0.2, 0) is 25.5 Å². The lowest BCUT2D eigenvalue weighted by Gasteiger charge is -2.31. The molecule has 2 atom stereocenters. The van der Waals surface area contributed by atoms with Gasteiger partial charge in [0.25, 0.3) is 11.8 Å². The molecule has 0 saturated heterocycles. The topological polar surface area (TPSA) is 141 Å². The van der Waals surface area contributed by atoms with E-state index in [2.05, 4.69) is 10.3 Å². The summed E-state index contributed by atoms with van der Waals surface area (Å²) in [6.07, 6.45) is 1.34. The molecule has 2 aromatic rings. The summed E-state index contributed by atoms with van der Waals surface area (Å²) in [6.45, 7) is -0.237. The molecule has 2 rings (SSSR count). The van der Waals surface area contributed by atoms with E-state index in [1.165, 1.54) is 12.3 Å². The molecule has 0 bridgehead atoms. The van der Waals surface area contributed by atoms with E-state index < -0.39 is 46.4 Å². The van der Waals surface area contributed by atoms with Crippen molar-refractivity contribution in [2.45, 2.75) is 41.6 Å². The first-order chi connectivity index (χ1) is 18.1. The van der Waals surface area contributed by atoms with Gasteiger partial charge in [-0.2, -0.15) is 0 Å². The number of amides is 3. The molecule has 13 heteroatoms. The minimum atomic E-state index is -1.88. The van der Waals surface area contributed by atoms with Gasteiger partial charge >= 0.3 is 12.1 Å². The summed E-state index contributed by atoms with van der Waals surface area (Å²) in [6, 6.07) is 10.7. The van der Waals surface area contributed by atoms with Crippen LogP contribution >= 0.6 is 34.8 Å². The van der Waals surface area contributed by atoms with Gasteiger partial charge in [0.2, 0.25) is 3.79 Å². The van der Waals surface area contributed by atoms with Crippen molar-refractivity contribution in [2.75, 3.05) is 20.3 Å². The SMILES string of the molecule is COC(=O)[C@H](CCCCN)N(C(=O)c1ccccn1)C(=O)[C@H](Cc1ccccc1)NC(=O)OCC(Cl)(Cl)Cl. The van der Waals surface area contributed by atoms with Crippen LogP contribution in [-0.4, -0.2) is 69.9 Å². The fourth-order valence-electron chi connectivity index (χ4n) is 3.53. The van der Waals surface area contributed by atoms with Crippen LogP contribution in [0.3, 0.4) is 0 Å². The van der Waals surface area contributed by atoms with Gasteiger partial charge in [-0.25, -0.2) is 9.59 Å². The summed E-state index contributed by atoms with van der Waals surface area (Å²) in [7, 11) is 1.15. The van der Waals surface area contributed by atoms with E-state index in [1.807, 2.05) is 0 Å². The molecule has 206 valence electrons. The first-order valence-corrected chi connectivity index (χ1v) is 12.8. The Labute approximate surface area is 235 Å². The Morgan fingerprint density at radius 3 is 2.32 bits per heavy atom. The highest BCUT2D eigenvalue weighted by Gasteiger charge is 2.40. The standard InChI is InChI=1S/C25H29Cl3N4O6/c1-37-23(35)20(12-5-7-13-29)32(21(33)18-11-6-8-14-30-18)22(34)19(15-17-9-3-2-4-10-17)31-24(36)38-16-25(26,27)28/h2-4,6,8-11,14,19-20H,5,7,12-13,15-16,29H2,1H3,(H,31,36)/t19-,20-/m0/s1. The lowest BCUT2D eigenvalue weighted by atomic mass is 10.0. The molecule has 0 fully saturated rings. The molecular formula is C25H29Cl3N4O6. The molecule has 3 N–H and O–H groups in total. The monoisotopic (exact) mass is 586 g/mol. The normalized spacial score (nSPS) is 12.7. The lowest BCUT2D eigenvalue weighted by Crippen LogP contribution is -2.57. The molecule has 0 spiro atoms. The summed E-state index contributed by atoms with van der Waals surface area (Å²) in [5, 5.41) is 2.43. The van der Waals surface area contributed by atoms with E-state index >= 15 is 0 Å². The number of esters is 1. The number of nitrogens with zero attached hydrogens (tertiary/aromatic N) is 2. The maximum Gasteiger partial charge on any atom is 0.407 e. The number of nitrogens with two attached hydrogens (primary N) is 1. The van der Waals surface area contributed by atoms with Gasteiger partial charge in [0.1, 0.15) is 24.4 Å². The highest BCUT2D eigenvalue weighted by Crippen LogP contribution is 2.26. The molecule has 10 nitrogen and oxygen atoms in total. The molecule has 0 aliphatic heterocycles. The zero-order valence-electron chi connectivity index (χ0n) is 20.6. The Bertz CT molecular complexity index is 1070. The number of rotatable bonds is 12. The number of pyridine rings is 1. The number of unbranched alkanes of at least 4 members (excludes halogenated alkanes) is 1. The van der Waals surface area contributed by atoms with Crippen molar-refractivity contribution in [3.63, 3.8) is 0 Å². The Balaban J connectivity index is 2.49. The Morgan fingerprint density at radius 2 is 1.74 bits per heavy atom. The molecule has 0 radical (unpaired) electrons. The van der Waals surface area contributed by atoms with E-state index in [1.54, 1.807) is 42.5 Å². The number of halogens is 3. The van der Waals surface area contributed by atoms with Gasteiger partial charge in [-0.3, -0.25) is 19.5 Å². The van der Waals surface area contributed by atoms with Crippen molar-refractivity contribution in [1.82, 2.24) is 15.2 Å². The predicted molar refractivity (Wildman–Crippen MR) is 143 cm³/mol. The smallest absolute Gasteiger partial charge is 0.407 e. The van der Waals surface area contributed by atoms with Crippen molar-refractivity contribution in [1.29, 1.82) is 0 Å². The number of hydrogen-bond acceptors (Lipinski definition) is 8. The van der Waals surface area contributed by atoms with Gasteiger partial charge in [-0.05, 0) is 43.5 Å². The van der Waals surface area contributed by atoms with Gasteiger partial charge in [-0.15, -0.1) is 0 Å². The molecule has 0 aliphatic carbocycles. The predicted octanol–water partition coefficient (Wildman–Crippen LogP) is 3.43. The van der Waals surface area contributed by atoms with E-state index in [9.17, 15) is 19.2 Å². The minimum absolute atomic E-state index is 0.0365. The van der Waals surface area contributed by atoms with Crippen LogP contribution < -0.4 is 11.1 Å². The third kappa shape index (κ3) is 10.1. The highest BCUT2D eigenvalue weighted by atomic mass is 35.6. The number of imide groups is 1. The average Bonchev–Trinajstić information content (AvgIpc) is 2.91. The van der Waals surface area contributed by atoms with Crippen LogP contribution in [0.25, 0.3) is 0 Å². The molecule has 1 heterocycles. The number of methoxy groups -OCH3 is 1. The number of alkyl halides is 3. The number of ether oxygens (including phenoxy) is 2. The molecule has 3 amide bonds. The Kier molecular flexibility index (Phi) is 12.8. The number of aromatic nitrogens is 1. The fraction of sp³-hybridized carbons (Fsp3) is 0.400. The van der Waals surface area contributed by atoms with Crippen LogP contribution in [0.1, 0.15) is 35.3 Å². The van der Waals surface area contributed by atoms with E-state index in [-0.39, 0.29) is 18.5 Å². The summed E-state index contributed by atoms with van der Waals surface area (Å²) in [4.78, 5) is 57.8. The second kappa shape index (κ2) is 15.5. The zero-order valence-corrected chi connectivity index (χ0v) is 22.9. The highest BCUT2D eigenvalue weighted by molar-refractivity contribution is 6.67. The Morgan fingerprint density at radius 1 is 1.05 bits per heavy atom. The summed E-state index contributed by atoms with van der Waals surface area (Å²) in [5.41, 5.74) is 6.18. The van der Waals surface area contributed by atoms with Gasteiger partial charge < -0.3 is 20.5 Å². The van der Waals surface area contributed by atoms with Crippen molar-refractivity contribution in [3.05, 3.63) is 66.0 Å². The maximum absolute atomic E-state index is 14.0. The maximum atomic E-state index is 14.0. The number of benzene rings is 1. The van der Waals surface area contributed by atoms with E-state index in [4.69, 9.17) is 50.0 Å². The summed E-state index contributed by atoms with van der Waals surface area (Å²) < 4.78 is 7.98. The number of alkyl carbamates (subject to hydrolysis) is 1. The van der Waals surface area contributed by atoms with Gasteiger partial charge in [0.05, 0.1) is 7.11 Å². The molecule has 1 aromatic heterocycles. The van der Waals surface area contributed by atoms with Crippen molar-refractivity contribution < 1.29 is 28.7 Å². The van der Waals surface area contributed by atoms with Crippen LogP contribution in [0.5, 0.6) is 0 Å². The van der Waals surface area contributed by atoms with Crippen LogP contribution in [0.4, 0.5) is 4.79 Å². The van der Waals surface area contributed by atoms with Crippen molar-refractivity contribution >= 4 is 58.7 Å². The van der Waals surface area contributed by atoms with Gasteiger partial charge in [-0.1, -0.05) is 71.2 Å². The van der Waals surface area contributed by atoms with Crippen molar-refractivity contribution in [3.8, 4) is 0 Å². The molecule has 0 unspecified atom stereocenters. The van der Waals surface area contributed by atoms with Gasteiger partial charge in [0.15, 0.2) is 0 Å². The molecule has 1 aromatic carbocycles. The number of carbonyl (C=O) groups excluding carboxylic acids is 4. The third-order valence-electron chi connectivity index (χ3n) is 5.30. The fourth-order valence-corrected chi connectivity index (χ4v) is 3.69. The summed E-state index contributed by atoms with van der Waals surface area (Å²) >= 11 is 17.0. The van der Waals surface area contributed by atoms with Crippen LogP contribution in [0, 0.1) is 0 Å².